The molecule has 0 fully saturated rings. The van der Waals surface area contributed by atoms with Crippen LogP contribution in [0.25, 0.3) is 0 Å². The number of rotatable bonds is 1. The predicted octanol–water partition coefficient (Wildman–Crippen LogP) is 4.65. The molecule has 15 heavy (non-hydrogen) atoms. The van der Waals surface area contributed by atoms with Gasteiger partial charge in [0.25, 0.3) is 0 Å². The predicted molar refractivity (Wildman–Crippen MR) is 66.7 cm³/mol. The summed E-state index contributed by atoms with van der Waals surface area (Å²) in [6, 6.07) is 0. The minimum absolute atomic E-state index is 0.381. The van der Waals surface area contributed by atoms with E-state index < -0.39 is 0 Å². The molecule has 0 nitrogen and oxygen atoms in total. The first-order valence-corrected chi connectivity index (χ1v) is 6.11. The van der Waals surface area contributed by atoms with Crippen LogP contribution in [0.15, 0.2) is 35.5 Å². The molecule has 0 saturated heterocycles. The van der Waals surface area contributed by atoms with Crippen LogP contribution in [-0.2, 0) is 0 Å². The van der Waals surface area contributed by atoms with E-state index in [1.54, 1.807) is 5.57 Å². The number of hydrogen-bond acceptors (Lipinski definition) is 0. The van der Waals surface area contributed by atoms with E-state index >= 15 is 0 Å². The van der Waals surface area contributed by atoms with Crippen molar-refractivity contribution >= 4 is 0 Å². The lowest BCUT2D eigenvalue weighted by atomic mass is 9.66. The summed E-state index contributed by atoms with van der Waals surface area (Å²) in [4.78, 5) is 0. The summed E-state index contributed by atoms with van der Waals surface area (Å²) in [6.07, 6.45) is 10.1. The molecule has 2 rings (SSSR count). The molecule has 0 radical (unpaired) electrons. The molecule has 2 atom stereocenters. The molecule has 0 aromatic heterocycles. The number of hydrogen-bond donors (Lipinski definition) is 0. The summed E-state index contributed by atoms with van der Waals surface area (Å²) in [5, 5.41) is 0. The van der Waals surface area contributed by atoms with Crippen molar-refractivity contribution in [3.8, 4) is 0 Å². The fourth-order valence-electron chi connectivity index (χ4n) is 3.22. The lowest BCUT2D eigenvalue weighted by Crippen LogP contribution is -2.28. The van der Waals surface area contributed by atoms with Gasteiger partial charge in [0.15, 0.2) is 0 Å². The van der Waals surface area contributed by atoms with Crippen molar-refractivity contribution in [3.05, 3.63) is 35.5 Å². The van der Waals surface area contributed by atoms with Crippen molar-refractivity contribution < 1.29 is 0 Å². The van der Waals surface area contributed by atoms with Crippen molar-refractivity contribution in [1.82, 2.24) is 0 Å². The van der Waals surface area contributed by atoms with E-state index in [0.29, 0.717) is 5.41 Å². The van der Waals surface area contributed by atoms with Gasteiger partial charge in [0, 0.05) is 5.41 Å². The van der Waals surface area contributed by atoms with Gasteiger partial charge in [-0.1, -0.05) is 36.8 Å². The Morgan fingerprint density at radius 3 is 2.80 bits per heavy atom. The normalized spacial score (nSPS) is 35.3. The molecule has 0 bridgehead atoms. The summed E-state index contributed by atoms with van der Waals surface area (Å²) < 4.78 is 0. The third kappa shape index (κ3) is 1.60. The average molecular weight is 202 g/mol. The van der Waals surface area contributed by atoms with E-state index in [1.165, 1.54) is 36.8 Å². The van der Waals surface area contributed by atoms with Gasteiger partial charge >= 0.3 is 0 Å². The van der Waals surface area contributed by atoms with Crippen LogP contribution in [0.5, 0.6) is 0 Å². The highest BCUT2D eigenvalue weighted by Gasteiger charge is 2.40. The summed E-state index contributed by atoms with van der Waals surface area (Å²) in [6.45, 7) is 10.9. The van der Waals surface area contributed by atoms with Gasteiger partial charge in [-0.3, -0.25) is 0 Å². The monoisotopic (exact) mass is 202 g/mol. The Balaban J connectivity index is 2.38. The Hall–Kier alpha value is -0.780. The van der Waals surface area contributed by atoms with Crippen LogP contribution >= 0.6 is 0 Å². The highest BCUT2D eigenvalue weighted by atomic mass is 14.4. The summed E-state index contributed by atoms with van der Waals surface area (Å²) in [7, 11) is 0. The molecule has 0 unspecified atom stereocenters. The van der Waals surface area contributed by atoms with E-state index in [2.05, 4.69) is 39.5 Å². The molecular weight excluding hydrogens is 180 g/mol. The largest absolute Gasteiger partial charge is 0.0958 e. The van der Waals surface area contributed by atoms with E-state index in [9.17, 15) is 0 Å². The first kappa shape index (κ1) is 10.7. The first-order chi connectivity index (χ1) is 7.06. The van der Waals surface area contributed by atoms with E-state index in [-0.39, 0.29) is 0 Å². The van der Waals surface area contributed by atoms with Crippen LogP contribution in [0.3, 0.4) is 0 Å². The molecule has 0 aliphatic heterocycles. The lowest BCUT2D eigenvalue weighted by Gasteiger charge is -2.38. The van der Waals surface area contributed by atoms with E-state index in [4.69, 9.17) is 0 Å². The maximum absolute atomic E-state index is 4.08. The molecule has 0 saturated carbocycles. The maximum Gasteiger partial charge on any atom is 0.0123 e. The van der Waals surface area contributed by atoms with Gasteiger partial charge in [-0.25, -0.2) is 0 Å². The van der Waals surface area contributed by atoms with Crippen molar-refractivity contribution in [2.75, 3.05) is 0 Å². The highest BCUT2D eigenvalue weighted by molar-refractivity contribution is 5.39. The van der Waals surface area contributed by atoms with Gasteiger partial charge in [0.1, 0.15) is 0 Å². The van der Waals surface area contributed by atoms with Crippen LogP contribution in [0, 0.1) is 11.3 Å². The fraction of sp³-hybridized carbons (Fsp3) is 0.600. The third-order valence-electron chi connectivity index (χ3n) is 4.45. The van der Waals surface area contributed by atoms with Gasteiger partial charge in [0.2, 0.25) is 0 Å². The van der Waals surface area contributed by atoms with Gasteiger partial charge in [0.05, 0.1) is 0 Å². The molecule has 0 amide bonds. The van der Waals surface area contributed by atoms with Gasteiger partial charge in [-0.2, -0.15) is 0 Å². The topological polar surface area (TPSA) is 0 Å². The first-order valence-electron chi connectivity index (χ1n) is 6.11. The van der Waals surface area contributed by atoms with Crippen molar-refractivity contribution in [1.29, 1.82) is 0 Å². The smallest absolute Gasteiger partial charge is 0.0123 e. The average Bonchev–Trinajstić information content (AvgIpc) is 2.61. The van der Waals surface area contributed by atoms with Crippen molar-refractivity contribution in [3.63, 3.8) is 0 Å². The molecule has 0 N–H and O–H groups in total. The second-order valence-corrected chi connectivity index (χ2v) is 5.36. The standard InChI is InChI=1S/C15H22/c1-11(2)14-8-9-15(10-14)12(3)6-5-7-13(15)4/h6,10,13H,1,5,7-9H2,2-4H3/t13-,15+/m1/s1. The molecule has 82 valence electrons. The van der Waals surface area contributed by atoms with Crippen LogP contribution in [0.2, 0.25) is 0 Å². The molecule has 0 aromatic rings. The van der Waals surface area contributed by atoms with Crippen LogP contribution in [0.4, 0.5) is 0 Å². The summed E-state index contributed by atoms with van der Waals surface area (Å²) in [5.74, 6) is 0.805. The molecule has 0 aromatic carbocycles. The molecule has 1 spiro atoms. The second-order valence-electron chi connectivity index (χ2n) is 5.36. The Morgan fingerprint density at radius 2 is 2.27 bits per heavy atom. The zero-order valence-corrected chi connectivity index (χ0v) is 10.3. The van der Waals surface area contributed by atoms with Crippen LogP contribution in [0.1, 0.15) is 46.5 Å². The summed E-state index contributed by atoms with van der Waals surface area (Å²) in [5.41, 5.74) is 4.73. The van der Waals surface area contributed by atoms with Crippen LogP contribution in [-0.4, -0.2) is 0 Å². The van der Waals surface area contributed by atoms with E-state index in [1.807, 2.05) is 0 Å². The number of allylic oxidation sites excluding steroid dienone is 5. The van der Waals surface area contributed by atoms with Gasteiger partial charge < -0.3 is 0 Å². The Bertz CT molecular complexity index is 343. The minimum Gasteiger partial charge on any atom is -0.0958 e. The van der Waals surface area contributed by atoms with Gasteiger partial charge in [-0.05, 0) is 51.0 Å². The fourth-order valence-corrected chi connectivity index (χ4v) is 3.22. The molecule has 2 aliphatic carbocycles. The van der Waals surface area contributed by atoms with Crippen molar-refractivity contribution in [2.24, 2.45) is 11.3 Å². The zero-order chi connectivity index (χ0) is 11.1. The minimum atomic E-state index is 0.381. The highest BCUT2D eigenvalue weighted by Crippen LogP contribution is 2.52. The SMILES string of the molecule is C=C(C)C1=C[C@@]2(CC1)C(C)=CCC[C@H]2C. The quantitative estimate of drug-likeness (QED) is 0.543. The second kappa shape index (κ2) is 3.66. The summed E-state index contributed by atoms with van der Waals surface area (Å²) >= 11 is 0. The molecule has 2 aliphatic rings. The van der Waals surface area contributed by atoms with Crippen molar-refractivity contribution in [2.45, 2.75) is 46.5 Å². The van der Waals surface area contributed by atoms with Crippen LogP contribution < -0.4 is 0 Å². The Kier molecular flexibility index (Phi) is 2.62. The molecule has 0 heterocycles. The lowest BCUT2D eigenvalue weighted by molar-refractivity contribution is 0.265. The zero-order valence-electron chi connectivity index (χ0n) is 10.3. The molecular formula is C15H22. The Labute approximate surface area is 93.8 Å². The third-order valence-corrected chi connectivity index (χ3v) is 4.45. The Morgan fingerprint density at radius 1 is 1.53 bits per heavy atom. The van der Waals surface area contributed by atoms with Gasteiger partial charge in [-0.15, -0.1) is 0 Å². The maximum atomic E-state index is 4.08. The molecule has 0 heteroatoms. The van der Waals surface area contributed by atoms with E-state index in [0.717, 1.165) is 5.92 Å².